The second-order valence-corrected chi connectivity index (χ2v) is 4.67. The first-order valence-electron chi connectivity index (χ1n) is 6.13. The first-order valence-corrected chi connectivity index (χ1v) is 6.13. The number of rotatable bonds is 3. The summed E-state index contributed by atoms with van der Waals surface area (Å²) in [5, 5.41) is 8.78. The molecule has 1 atom stereocenters. The molecule has 0 aliphatic heterocycles. The second-order valence-electron chi connectivity index (χ2n) is 4.67. The van der Waals surface area contributed by atoms with E-state index in [-0.39, 0.29) is 11.8 Å². The van der Waals surface area contributed by atoms with E-state index in [1.165, 1.54) is 5.56 Å². The quantitative estimate of drug-likeness (QED) is 0.916. The van der Waals surface area contributed by atoms with Gasteiger partial charge in [-0.2, -0.15) is 4.98 Å². The molecule has 1 aromatic carbocycles. The van der Waals surface area contributed by atoms with E-state index >= 15 is 0 Å². The molecule has 0 spiro atoms. The van der Waals surface area contributed by atoms with Gasteiger partial charge in [0, 0.05) is 0 Å². The lowest BCUT2D eigenvalue weighted by Crippen LogP contribution is -1.96. The molecule has 0 fully saturated rings. The lowest BCUT2D eigenvalue weighted by Gasteiger charge is -2.08. The Labute approximate surface area is 109 Å². The van der Waals surface area contributed by atoms with Gasteiger partial charge in [0.15, 0.2) is 5.69 Å². The predicted molar refractivity (Wildman–Crippen MR) is 66.7 cm³/mol. The van der Waals surface area contributed by atoms with Crippen molar-refractivity contribution in [1.29, 1.82) is 0 Å². The van der Waals surface area contributed by atoms with Crippen molar-refractivity contribution in [2.75, 3.05) is 0 Å². The SMILES string of the molecule is CC1CCc2c(Oc3nc(C(=O)O)co3)cccc21. The summed E-state index contributed by atoms with van der Waals surface area (Å²) >= 11 is 0. The number of aromatic nitrogens is 1. The average Bonchev–Trinajstić information content (AvgIpc) is 2.98. The highest BCUT2D eigenvalue weighted by Crippen LogP contribution is 2.39. The zero-order valence-corrected chi connectivity index (χ0v) is 10.4. The smallest absolute Gasteiger partial charge is 0.399 e. The maximum absolute atomic E-state index is 10.7. The highest BCUT2D eigenvalue weighted by atomic mass is 16.6. The van der Waals surface area contributed by atoms with Crippen LogP contribution in [-0.4, -0.2) is 16.1 Å². The van der Waals surface area contributed by atoms with Gasteiger partial charge in [-0.3, -0.25) is 0 Å². The zero-order chi connectivity index (χ0) is 13.4. The van der Waals surface area contributed by atoms with E-state index in [4.69, 9.17) is 14.3 Å². The Morgan fingerprint density at radius 3 is 3.11 bits per heavy atom. The third-order valence-corrected chi connectivity index (χ3v) is 3.43. The number of oxazole rings is 1. The summed E-state index contributed by atoms with van der Waals surface area (Å²) in [6.07, 6.45) is 3.09. The van der Waals surface area contributed by atoms with E-state index < -0.39 is 5.97 Å². The van der Waals surface area contributed by atoms with Gasteiger partial charge in [-0.15, -0.1) is 0 Å². The summed E-state index contributed by atoms with van der Waals surface area (Å²) in [5.41, 5.74) is 2.28. The monoisotopic (exact) mass is 259 g/mol. The van der Waals surface area contributed by atoms with Crippen LogP contribution in [0.15, 0.2) is 28.9 Å². The second kappa shape index (κ2) is 4.42. The summed E-state index contributed by atoms with van der Waals surface area (Å²) in [4.78, 5) is 14.5. The van der Waals surface area contributed by atoms with E-state index in [1.54, 1.807) is 0 Å². The fourth-order valence-corrected chi connectivity index (χ4v) is 2.42. The molecule has 3 rings (SSSR count). The van der Waals surface area contributed by atoms with Gasteiger partial charge in [0.1, 0.15) is 12.0 Å². The van der Waals surface area contributed by atoms with Crippen molar-refractivity contribution in [3.63, 3.8) is 0 Å². The van der Waals surface area contributed by atoms with Crippen LogP contribution in [0.2, 0.25) is 0 Å². The number of benzene rings is 1. The van der Waals surface area contributed by atoms with Crippen molar-refractivity contribution in [2.45, 2.75) is 25.7 Å². The summed E-state index contributed by atoms with van der Waals surface area (Å²) in [5.74, 6) is 0.0869. The first kappa shape index (κ1) is 11.8. The molecule has 1 unspecified atom stereocenters. The van der Waals surface area contributed by atoms with E-state index in [1.807, 2.05) is 12.1 Å². The number of carboxylic acids is 1. The normalized spacial score (nSPS) is 17.2. The fourth-order valence-electron chi connectivity index (χ4n) is 2.42. The molecule has 0 radical (unpaired) electrons. The number of ether oxygens (including phenoxy) is 1. The van der Waals surface area contributed by atoms with E-state index in [2.05, 4.69) is 18.0 Å². The van der Waals surface area contributed by atoms with Crippen LogP contribution in [0, 0.1) is 0 Å². The highest BCUT2D eigenvalue weighted by Gasteiger charge is 2.23. The molecule has 19 heavy (non-hydrogen) atoms. The van der Waals surface area contributed by atoms with Crippen LogP contribution in [0.4, 0.5) is 0 Å². The largest absolute Gasteiger partial charge is 0.476 e. The van der Waals surface area contributed by atoms with Gasteiger partial charge in [0.25, 0.3) is 0 Å². The standard InChI is InChI=1S/C14H13NO4/c1-8-5-6-10-9(8)3-2-4-12(10)19-14-15-11(7-18-14)13(16)17/h2-4,7-8H,5-6H2,1H3,(H,16,17). The number of hydrogen-bond acceptors (Lipinski definition) is 4. The summed E-state index contributed by atoms with van der Waals surface area (Å²) in [6.45, 7) is 2.18. The third-order valence-electron chi connectivity index (χ3n) is 3.43. The van der Waals surface area contributed by atoms with Crippen molar-refractivity contribution >= 4 is 5.97 Å². The van der Waals surface area contributed by atoms with Gasteiger partial charge in [0.2, 0.25) is 0 Å². The number of fused-ring (bicyclic) bond motifs is 1. The minimum absolute atomic E-state index is 0.0367. The maximum atomic E-state index is 10.7. The van der Waals surface area contributed by atoms with Crippen LogP contribution in [0.3, 0.4) is 0 Å². The van der Waals surface area contributed by atoms with Crippen molar-refractivity contribution in [3.8, 4) is 11.8 Å². The Morgan fingerprint density at radius 2 is 2.37 bits per heavy atom. The summed E-state index contributed by atoms with van der Waals surface area (Å²) in [6, 6.07) is 5.87. The van der Waals surface area contributed by atoms with Gasteiger partial charge < -0.3 is 14.3 Å². The lowest BCUT2D eigenvalue weighted by atomic mass is 10.0. The molecular formula is C14H13NO4. The first-order chi connectivity index (χ1) is 9.15. The van der Waals surface area contributed by atoms with E-state index in [9.17, 15) is 4.79 Å². The Bertz CT molecular complexity index is 632. The minimum atomic E-state index is -1.13. The number of carboxylic acid groups (broad SMARTS) is 1. The van der Waals surface area contributed by atoms with Crippen molar-refractivity contribution in [1.82, 2.24) is 4.98 Å². The molecule has 1 N–H and O–H groups in total. The van der Waals surface area contributed by atoms with Crippen molar-refractivity contribution < 1.29 is 19.1 Å². The Hall–Kier alpha value is -2.30. The van der Waals surface area contributed by atoms with Gasteiger partial charge in [0.05, 0.1) is 0 Å². The van der Waals surface area contributed by atoms with Gasteiger partial charge in [-0.05, 0) is 36.0 Å². The van der Waals surface area contributed by atoms with Crippen LogP contribution < -0.4 is 4.74 Å². The minimum Gasteiger partial charge on any atom is -0.476 e. The molecule has 5 nitrogen and oxygen atoms in total. The molecular weight excluding hydrogens is 246 g/mol. The van der Waals surface area contributed by atoms with Gasteiger partial charge in [-0.25, -0.2) is 4.79 Å². The molecule has 98 valence electrons. The molecule has 2 aromatic rings. The number of nitrogens with zero attached hydrogens (tertiary/aromatic N) is 1. The zero-order valence-electron chi connectivity index (χ0n) is 10.4. The molecule has 1 aromatic heterocycles. The molecule has 5 heteroatoms. The Balaban J connectivity index is 1.89. The molecule has 1 aliphatic rings. The van der Waals surface area contributed by atoms with Gasteiger partial charge in [-0.1, -0.05) is 19.1 Å². The number of hydrogen-bond donors (Lipinski definition) is 1. The third kappa shape index (κ3) is 2.07. The predicted octanol–water partition coefficient (Wildman–Crippen LogP) is 3.21. The molecule has 0 saturated heterocycles. The van der Waals surface area contributed by atoms with Crippen molar-refractivity contribution in [3.05, 3.63) is 41.3 Å². The van der Waals surface area contributed by atoms with Gasteiger partial charge >= 0.3 is 12.0 Å². The topological polar surface area (TPSA) is 72.6 Å². The molecule has 0 amide bonds. The summed E-state index contributed by atoms with van der Waals surface area (Å²) < 4.78 is 10.6. The highest BCUT2D eigenvalue weighted by molar-refractivity contribution is 5.84. The fraction of sp³-hybridized carbons (Fsp3) is 0.286. The van der Waals surface area contributed by atoms with Crippen LogP contribution in [-0.2, 0) is 6.42 Å². The van der Waals surface area contributed by atoms with E-state index in [0.29, 0.717) is 11.7 Å². The molecule has 0 saturated carbocycles. The summed E-state index contributed by atoms with van der Waals surface area (Å²) in [7, 11) is 0. The average molecular weight is 259 g/mol. The lowest BCUT2D eigenvalue weighted by molar-refractivity contribution is 0.0690. The van der Waals surface area contributed by atoms with E-state index in [0.717, 1.165) is 24.7 Å². The number of carbonyl (C=O) groups is 1. The molecule has 0 bridgehead atoms. The van der Waals surface area contributed by atoms with Crippen LogP contribution in [0.1, 0.15) is 40.9 Å². The number of aromatic carboxylic acids is 1. The Morgan fingerprint density at radius 1 is 1.53 bits per heavy atom. The van der Waals surface area contributed by atoms with Crippen molar-refractivity contribution in [2.24, 2.45) is 0 Å². The van der Waals surface area contributed by atoms with Crippen LogP contribution >= 0.6 is 0 Å². The molecule has 1 heterocycles. The van der Waals surface area contributed by atoms with Crippen LogP contribution in [0.25, 0.3) is 0 Å². The maximum Gasteiger partial charge on any atom is 0.399 e. The Kier molecular flexibility index (Phi) is 2.74. The molecule has 1 aliphatic carbocycles. The van der Waals surface area contributed by atoms with Crippen LogP contribution in [0.5, 0.6) is 11.8 Å².